The maximum Gasteiger partial charge on any atom is 0.250 e. The molecule has 168 valence electrons. The molecule has 0 bridgehead atoms. The van der Waals surface area contributed by atoms with Crippen molar-refractivity contribution in [3.63, 3.8) is 0 Å². The molecule has 3 rings (SSSR count). The van der Waals surface area contributed by atoms with Gasteiger partial charge in [0, 0.05) is 19.6 Å². The number of anilines is 3. The molecule has 0 saturated carbocycles. The average Bonchev–Trinajstić information content (AvgIpc) is 2.84. The first-order valence-corrected chi connectivity index (χ1v) is 10.5. The molecule has 0 radical (unpaired) electrons. The van der Waals surface area contributed by atoms with Crippen LogP contribution in [0.4, 0.5) is 17.8 Å². The summed E-state index contributed by atoms with van der Waals surface area (Å²) in [6.07, 6.45) is 1.67. The van der Waals surface area contributed by atoms with Crippen LogP contribution in [0.2, 0.25) is 0 Å². The highest BCUT2D eigenvalue weighted by molar-refractivity contribution is 5.81. The van der Waals surface area contributed by atoms with Crippen LogP contribution in [-0.4, -0.2) is 48.5 Å². The van der Waals surface area contributed by atoms with Gasteiger partial charge in [0.05, 0.1) is 20.4 Å². The van der Waals surface area contributed by atoms with Gasteiger partial charge in [0.1, 0.15) is 0 Å². The average molecular weight is 436 g/mol. The molecule has 0 spiro atoms. The summed E-state index contributed by atoms with van der Waals surface area (Å²) in [5.41, 5.74) is 4.89. The molecule has 0 aliphatic carbocycles. The molecule has 2 N–H and O–H groups in total. The predicted molar refractivity (Wildman–Crippen MR) is 128 cm³/mol. The summed E-state index contributed by atoms with van der Waals surface area (Å²) >= 11 is 0. The van der Waals surface area contributed by atoms with Crippen LogP contribution in [0.3, 0.4) is 0 Å². The van der Waals surface area contributed by atoms with Crippen molar-refractivity contribution < 1.29 is 9.47 Å². The highest BCUT2D eigenvalue weighted by atomic mass is 16.5. The number of hydrazone groups is 1. The summed E-state index contributed by atoms with van der Waals surface area (Å²) in [7, 11) is 3.20. The van der Waals surface area contributed by atoms with Crippen molar-refractivity contribution in [3.8, 4) is 11.5 Å². The second-order valence-electron chi connectivity index (χ2n) is 6.78. The molecule has 0 saturated heterocycles. The van der Waals surface area contributed by atoms with E-state index in [2.05, 4.69) is 49.5 Å². The molecule has 0 fully saturated rings. The van der Waals surface area contributed by atoms with E-state index in [0.29, 0.717) is 35.9 Å². The number of methoxy groups -OCH3 is 2. The van der Waals surface area contributed by atoms with Crippen LogP contribution in [0.15, 0.2) is 53.6 Å². The van der Waals surface area contributed by atoms with Crippen molar-refractivity contribution in [3.05, 3.63) is 59.7 Å². The zero-order chi connectivity index (χ0) is 22.8. The number of aromatic nitrogens is 3. The van der Waals surface area contributed by atoms with Crippen LogP contribution in [0.1, 0.15) is 25.0 Å². The molecule has 0 amide bonds. The third kappa shape index (κ3) is 6.07. The molecule has 3 aromatic rings. The SMILES string of the molecule is CCN(CC)c1nc(NCc2ccccc2)nc(N/N=C/c2ccc(OC)c(OC)c2)n1. The van der Waals surface area contributed by atoms with Gasteiger partial charge in [-0.05, 0) is 43.2 Å². The van der Waals surface area contributed by atoms with Crippen LogP contribution < -0.4 is 25.1 Å². The van der Waals surface area contributed by atoms with Crippen molar-refractivity contribution in [2.24, 2.45) is 5.10 Å². The number of nitrogens with one attached hydrogen (secondary N) is 2. The van der Waals surface area contributed by atoms with Crippen LogP contribution in [0.5, 0.6) is 11.5 Å². The zero-order valence-electron chi connectivity index (χ0n) is 18.9. The summed E-state index contributed by atoms with van der Waals surface area (Å²) in [5.74, 6) is 2.72. The van der Waals surface area contributed by atoms with E-state index in [4.69, 9.17) is 9.47 Å². The number of benzene rings is 2. The largest absolute Gasteiger partial charge is 0.493 e. The predicted octanol–water partition coefficient (Wildman–Crippen LogP) is 3.79. The van der Waals surface area contributed by atoms with Gasteiger partial charge in [-0.2, -0.15) is 20.1 Å². The Balaban J connectivity index is 1.78. The van der Waals surface area contributed by atoms with Crippen LogP contribution in [0.25, 0.3) is 0 Å². The minimum atomic E-state index is 0.356. The Labute approximate surface area is 188 Å². The van der Waals surface area contributed by atoms with Crippen molar-refractivity contribution >= 4 is 24.1 Å². The highest BCUT2D eigenvalue weighted by Crippen LogP contribution is 2.26. The third-order valence-corrected chi connectivity index (χ3v) is 4.75. The van der Waals surface area contributed by atoms with E-state index >= 15 is 0 Å². The quantitative estimate of drug-likeness (QED) is 0.347. The fraction of sp³-hybridized carbons (Fsp3) is 0.304. The lowest BCUT2D eigenvalue weighted by molar-refractivity contribution is 0.355. The van der Waals surface area contributed by atoms with Gasteiger partial charge >= 0.3 is 0 Å². The van der Waals surface area contributed by atoms with E-state index < -0.39 is 0 Å². The maximum absolute atomic E-state index is 5.33. The molecular formula is C23H29N7O2. The summed E-state index contributed by atoms with van der Waals surface area (Å²) in [4.78, 5) is 15.6. The van der Waals surface area contributed by atoms with Gasteiger partial charge in [-0.1, -0.05) is 30.3 Å². The molecule has 1 aromatic heterocycles. The Kier molecular flexibility index (Phi) is 8.19. The van der Waals surface area contributed by atoms with E-state index in [1.807, 2.05) is 48.5 Å². The molecule has 0 atom stereocenters. The third-order valence-electron chi connectivity index (χ3n) is 4.75. The lowest BCUT2D eigenvalue weighted by Gasteiger charge is -2.19. The molecule has 0 unspecified atom stereocenters. The Morgan fingerprint density at radius 3 is 2.31 bits per heavy atom. The molecule has 32 heavy (non-hydrogen) atoms. The van der Waals surface area contributed by atoms with Crippen molar-refractivity contribution in [2.45, 2.75) is 20.4 Å². The summed E-state index contributed by atoms with van der Waals surface area (Å²) in [6, 6.07) is 15.6. The summed E-state index contributed by atoms with van der Waals surface area (Å²) in [6.45, 7) is 6.30. The molecule has 0 aliphatic rings. The molecule has 9 heteroatoms. The Morgan fingerprint density at radius 2 is 1.62 bits per heavy atom. The molecule has 1 heterocycles. The maximum atomic E-state index is 5.33. The number of ether oxygens (including phenoxy) is 2. The van der Waals surface area contributed by atoms with Crippen LogP contribution in [0, 0.1) is 0 Å². The van der Waals surface area contributed by atoms with Gasteiger partial charge in [0.2, 0.25) is 17.8 Å². The lowest BCUT2D eigenvalue weighted by Crippen LogP contribution is -2.25. The van der Waals surface area contributed by atoms with Crippen molar-refractivity contribution in [2.75, 3.05) is 43.0 Å². The van der Waals surface area contributed by atoms with Gasteiger partial charge < -0.3 is 19.7 Å². The zero-order valence-corrected chi connectivity index (χ0v) is 18.9. The number of hydrogen-bond donors (Lipinski definition) is 2. The second kappa shape index (κ2) is 11.5. The number of nitrogens with zero attached hydrogens (tertiary/aromatic N) is 5. The molecule has 9 nitrogen and oxygen atoms in total. The fourth-order valence-corrected chi connectivity index (χ4v) is 3.02. The van der Waals surface area contributed by atoms with Crippen LogP contribution in [-0.2, 0) is 6.54 Å². The number of hydrogen-bond acceptors (Lipinski definition) is 9. The summed E-state index contributed by atoms with van der Waals surface area (Å²) in [5, 5.41) is 7.55. The molecule has 2 aromatic carbocycles. The van der Waals surface area contributed by atoms with Crippen molar-refractivity contribution in [1.82, 2.24) is 15.0 Å². The Bertz CT molecular complexity index is 1020. The van der Waals surface area contributed by atoms with Crippen molar-refractivity contribution in [1.29, 1.82) is 0 Å². The Morgan fingerprint density at radius 1 is 0.906 bits per heavy atom. The van der Waals surface area contributed by atoms with E-state index in [-0.39, 0.29) is 0 Å². The number of rotatable bonds is 11. The normalized spacial score (nSPS) is 10.8. The first kappa shape index (κ1) is 22.8. The van der Waals surface area contributed by atoms with Gasteiger partial charge in [-0.3, -0.25) is 0 Å². The summed E-state index contributed by atoms with van der Waals surface area (Å²) < 4.78 is 10.6. The van der Waals surface area contributed by atoms with E-state index in [1.165, 1.54) is 0 Å². The highest BCUT2D eigenvalue weighted by Gasteiger charge is 2.11. The van der Waals surface area contributed by atoms with Crippen LogP contribution >= 0.6 is 0 Å². The second-order valence-corrected chi connectivity index (χ2v) is 6.78. The molecule has 0 aliphatic heterocycles. The van der Waals surface area contributed by atoms with E-state index in [9.17, 15) is 0 Å². The lowest BCUT2D eigenvalue weighted by atomic mass is 10.2. The van der Waals surface area contributed by atoms with Gasteiger partial charge in [-0.25, -0.2) is 5.43 Å². The Hall–Kier alpha value is -3.88. The van der Waals surface area contributed by atoms with E-state index in [0.717, 1.165) is 24.2 Å². The first-order valence-electron chi connectivity index (χ1n) is 10.5. The van der Waals surface area contributed by atoms with Gasteiger partial charge in [0.25, 0.3) is 0 Å². The smallest absolute Gasteiger partial charge is 0.250 e. The molecular weight excluding hydrogens is 406 g/mol. The minimum absolute atomic E-state index is 0.356. The van der Waals surface area contributed by atoms with Gasteiger partial charge in [-0.15, -0.1) is 0 Å². The standard InChI is InChI=1S/C23H29N7O2/c1-5-30(6-2)23-27-21(24-15-17-10-8-7-9-11-17)26-22(28-23)29-25-16-18-12-13-19(31-3)20(14-18)32-4/h7-14,16H,5-6,15H2,1-4H3,(H2,24,26,27,28,29)/b25-16+. The monoisotopic (exact) mass is 435 g/mol. The minimum Gasteiger partial charge on any atom is -0.493 e. The van der Waals surface area contributed by atoms with E-state index in [1.54, 1.807) is 20.4 Å². The van der Waals surface area contributed by atoms with Gasteiger partial charge in [0.15, 0.2) is 11.5 Å². The fourth-order valence-electron chi connectivity index (χ4n) is 3.02. The first-order chi connectivity index (χ1) is 15.7. The topological polar surface area (TPSA) is 96.8 Å².